The maximum atomic E-state index is 11.2. The van der Waals surface area contributed by atoms with Crippen LogP contribution in [0.25, 0.3) is 0 Å². The molecule has 15 heavy (non-hydrogen) atoms. The lowest BCUT2D eigenvalue weighted by molar-refractivity contribution is -0.522. The molecule has 0 aliphatic heterocycles. The number of hydrogen-bond donors (Lipinski definition) is 0. The molecule has 0 N–H and O–H groups in total. The van der Waals surface area contributed by atoms with Crippen molar-refractivity contribution in [2.24, 2.45) is 0 Å². The second-order valence-electron chi connectivity index (χ2n) is 3.63. The Morgan fingerprint density at radius 3 is 2.40 bits per heavy atom. The summed E-state index contributed by atoms with van der Waals surface area (Å²) >= 11 is 0. The van der Waals surface area contributed by atoms with E-state index >= 15 is 0 Å². The molecule has 1 unspecified atom stereocenters. The molecule has 1 atom stereocenters. The van der Waals surface area contributed by atoms with E-state index in [1.165, 1.54) is 6.92 Å². The van der Waals surface area contributed by atoms with Crippen LogP contribution in [0.3, 0.4) is 0 Å². The summed E-state index contributed by atoms with van der Waals surface area (Å²) in [5.41, 5.74) is 0.598. The molecule has 0 radical (unpaired) electrons. The van der Waals surface area contributed by atoms with Crippen LogP contribution in [0.1, 0.15) is 46.5 Å². The number of carbonyl (C=O) groups excluding carboxylic acids is 1. The monoisotopic (exact) mass is 213 g/mol. The minimum absolute atomic E-state index is 0.0521. The van der Waals surface area contributed by atoms with Gasteiger partial charge in [0.1, 0.15) is 0 Å². The molecule has 0 amide bonds. The van der Waals surface area contributed by atoms with Crippen molar-refractivity contribution in [3.8, 4) is 0 Å². The van der Waals surface area contributed by atoms with Crippen molar-refractivity contribution in [1.29, 1.82) is 0 Å². The fourth-order valence-electron chi connectivity index (χ4n) is 1.31. The molecule has 0 aromatic carbocycles. The van der Waals surface area contributed by atoms with E-state index in [0.717, 1.165) is 12.8 Å². The van der Waals surface area contributed by atoms with E-state index in [-0.39, 0.29) is 17.1 Å². The standard InChI is InChI=1S/C11H19NO3/c1-4-6-7-10(9(3)13)8-11(5-2)12(14)15/h7,11H,4-6,8H2,1-3H3/b10-7+. The van der Waals surface area contributed by atoms with Gasteiger partial charge in [0.05, 0.1) is 0 Å². The first-order valence-electron chi connectivity index (χ1n) is 5.36. The van der Waals surface area contributed by atoms with Crippen molar-refractivity contribution in [3.63, 3.8) is 0 Å². The van der Waals surface area contributed by atoms with Gasteiger partial charge in [-0.1, -0.05) is 26.3 Å². The molecule has 86 valence electrons. The molecule has 4 heteroatoms. The molecule has 0 aromatic heterocycles. The smallest absolute Gasteiger partial charge is 0.217 e. The molecule has 0 saturated carbocycles. The lowest BCUT2D eigenvalue weighted by atomic mass is 10.0. The predicted octanol–water partition coefficient (Wildman–Crippen LogP) is 2.75. The first kappa shape index (κ1) is 13.8. The summed E-state index contributed by atoms with van der Waals surface area (Å²) in [7, 11) is 0. The van der Waals surface area contributed by atoms with Crippen LogP contribution in [0.15, 0.2) is 11.6 Å². The highest BCUT2D eigenvalue weighted by molar-refractivity contribution is 5.93. The lowest BCUT2D eigenvalue weighted by Gasteiger charge is -2.08. The fourth-order valence-corrected chi connectivity index (χ4v) is 1.31. The van der Waals surface area contributed by atoms with Crippen molar-refractivity contribution in [3.05, 3.63) is 21.8 Å². The number of hydrogen-bond acceptors (Lipinski definition) is 3. The van der Waals surface area contributed by atoms with Crippen LogP contribution in [0.4, 0.5) is 0 Å². The summed E-state index contributed by atoms with van der Waals surface area (Å²) in [6, 6.07) is -0.628. The highest BCUT2D eigenvalue weighted by Crippen LogP contribution is 2.13. The van der Waals surface area contributed by atoms with Crippen molar-refractivity contribution in [2.45, 2.75) is 52.5 Å². The Bertz CT molecular complexity index is 259. The summed E-state index contributed by atoms with van der Waals surface area (Å²) < 4.78 is 0. The van der Waals surface area contributed by atoms with Gasteiger partial charge in [-0.25, -0.2) is 0 Å². The lowest BCUT2D eigenvalue weighted by Crippen LogP contribution is -2.20. The highest BCUT2D eigenvalue weighted by atomic mass is 16.6. The zero-order valence-electron chi connectivity index (χ0n) is 9.66. The molecule has 0 aromatic rings. The van der Waals surface area contributed by atoms with E-state index in [4.69, 9.17) is 0 Å². The normalized spacial score (nSPS) is 13.7. The number of Topliss-reactive ketones (excluding diaryl/α,β-unsaturated/α-hetero) is 1. The number of allylic oxidation sites excluding steroid dienone is 1. The summed E-state index contributed by atoms with van der Waals surface area (Å²) in [5, 5.41) is 10.6. The zero-order chi connectivity index (χ0) is 11.8. The SMILES string of the molecule is CCC/C=C(\CC(CC)[N+](=O)[O-])C(C)=O. The number of carbonyl (C=O) groups is 1. The summed E-state index contributed by atoms with van der Waals surface area (Å²) in [6.45, 7) is 5.25. The molecular formula is C11H19NO3. The molecule has 0 heterocycles. The van der Waals surface area contributed by atoms with Crippen LogP contribution >= 0.6 is 0 Å². The van der Waals surface area contributed by atoms with Gasteiger partial charge in [0, 0.05) is 17.8 Å². The third-order valence-corrected chi connectivity index (χ3v) is 2.36. The minimum Gasteiger partial charge on any atom is -0.295 e. The molecular weight excluding hydrogens is 194 g/mol. The van der Waals surface area contributed by atoms with Gasteiger partial charge in [0.25, 0.3) is 0 Å². The van der Waals surface area contributed by atoms with E-state index in [0.29, 0.717) is 12.0 Å². The Hall–Kier alpha value is -1.19. The highest BCUT2D eigenvalue weighted by Gasteiger charge is 2.20. The molecule has 0 spiro atoms. The Kier molecular flexibility index (Phi) is 6.58. The quantitative estimate of drug-likeness (QED) is 0.371. The average molecular weight is 213 g/mol. The van der Waals surface area contributed by atoms with Crippen LogP contribution in [0.2, 0.25) is 0 Å². The summed E-state index contributed by atoms with van der Waals surface area (Å²) in [5.74, 6) is -0.0521. The van der Waals surface area contributed by atoms with Crippen LogP contribution in [0.5, 0.6) is 0 Å². The Balaban J connectivity index is 4.52. The van der Waals surface area contributed by atoms with E-state index < -0.39 is 6.04 Å². The molecule has 0 rings (SSSR count). The summed E-state index contributed by atoms with van der Waals surface area (Å²) in [4.78, 5) is 21.6. The first-order valence-corrected chi connectivity index (χ1v) is 5.36. The van der Waals surface area contributed by atoms with Crippen molar-refractivity contribution in [1.82, 2.24) is 0 Å². The van der Waals surface area contributed by atoms with Gasteiger partial charge in [-0.2, -0.15) is 0 Å². The third-order valence-electron chi connectivity index (χ3n) is 2.36. The van der Waals surface area contributed by atoms with E-state index in [2.05, 4.69) is 0 Å². The summed E-state index contributed by atoms with van der Waals surface area (Å²) in [6.07, 6.45) is 4.31. The van der Waals surface area contributed by atoms with Crippen LogP contribution in [-0.4, -0.2) is 16.7 Å². The molecule has 0 bridgehead atoms. The number of unbranched alkanes of at least 4 members (excludes halogenated alkanes) is 1. The Labute approximate surface area is 90.5 Å². The topological polar surface area (TPSA) is 60.2 Å². The van der Waals surface area contributed by atoms with Crippen LogP contribution in [0, 0.1) is 10.1 Å². The first-order chi connectivity index (χ1) is 7.02. The van der Waals surface area contributed by atoms with Crippen molar-refractivity contribution < 1.29 is 9.72 Å². The predicted molar refractivity (Wildman–Crippen MR) is 59.4 cm³/mol. The fraction of sp³-hybridized carbons (Fsp3) is 0.727. The van der Waals surface area contributed by atoms with Gasteiger partial charge in [0.15, 0.2) is 5.78 Å². The zero-order valence-corrected chi connectivity index (χ0v) is 9.66. The number of rotatable bonds is 7. The number of nitrogens with zero attached hydrogens (tertiary/aromatic N) is 1. The Morgan fingerprint density at radius 1 is 1.47 bits per heavy atom. The second kappa shape index (κ2) is 7.15. The molecule has 4 nitrogen and oxygen atoms in total. The van der Waals surface area contributed by atoms with Crippen molar-refractivity contribution in [2.75, 3.05) is 0 Å². The van der Waals surface area contributed by atoms with Crippen LogP contribution in [-0.2, 0) is 4.79 Å². The third kappa shape index (κ3) is 5.30. The van der Waals surface area contributed by atoms with Crippen molar-refractivity contribution >= 4 is 5.78 Å². The van der Waals surface area contributed by atoms with Gasteiger partial charge in [0.2, 0.25) is 6.04 Å². The second-order valence-corrected chi connectivity index (χ2v) is 3.63. The molecule has 0 saturated heterocycles. The number of ketones is 1. The van der Waals surface area contributed by atoms with Gasteiger partial charge in [-0.3, -0.25) is 14.9 Å². The Morgan fingerprint density at radius 2 is 2.07 bits per heavy atom. The van der Waals surface area contributed by atoms with Crippen LogP contribution < -0.4 is 0 Å². The largest absolute Gasteiger partial charge is 0.295 e. The van der Waals surface area contributed by atoms with Gasteiger partial charge >= 0.3 is 0 Å². The minimum atomic E-state index is -0.628. The number of nitro groups is 1. The van der Waals surface area contributed by atoms with Gasteiger partial charge in [-0.05, 0) is 18.9 Å². The van der Waals surface area contributed by atoms with Gasteiger partial charge in [-0.15, -0.1) is 0 Å². The van der Waals surface area contributed by atoms with E-state index in [1.54, 1.807) is 6.92 Å². The maximum absolute atomic E-state index is 11.2. The maximum Gasteiger partial charge on any atom is 0.217 e. The molecule has 0 fully saturated rings. The van der Waals surface area contributed by atoms with E-state index in [9.17, 15) is 14.9 Å². The molecule has 0 aliphatic rings. The average Bonchev–Trinajstić information content (AvgIpc) is 2.17. The molecule has 0 aliphatic carbocycles. The van der Waals surface area contributed by atoms with E-state index in [1.807, 2.05) is 13.0 Å². The van der Waals surface area contributed by atoms with Gasteiger partial charge < -0.3 is 0 Å².